The Morgan fingerprint density at radius 2 is 1.67 bits per heavy atom. The normalized spacial score (nSPS) is 18.7. The summed E-state index contributed by atoms with van der Waals surface area (Å²) in [4.78, 5) is 73.2. The van der Waals surface area contributed by atoms with Gasteiger partial charge in [0.1, 0.15) is 18.2 Å². The second kappa shape index (κ2) is 17.2. The average Bonchev–Trinajstić information content (AvgIpc) is 3.71. The molecule has 2 heterocycles. The Bertz CT molecular complexity index is 1660. The van der Waals surface area contributed by atoms with Gasteiger partial charge < -0.3 is 20.6 Å². The number of aromatic nitrogens is 1. The standard InChI is InChI=1S/C40H49N5O6/c1-3-10-36(47)45-34(26-31-13-9-23-41-27-31)37(48)44(35(45)19-16-29-11-5-4-6-12-29)32-17-14-30(15-18-32)25-33(38(49)50)43-39(51)40(20-7-8-21-40)22-24-42-28(2)46/h4-6,9,11-15,17-18,23,27,33-35H,3,7-8,10,16,19-22,24-26H2,1-2H3,(H,42,46)(H,43,51)(H,49,50). The van der Waals surface area contributed by atoms with Gasteiger partial charge in [0.15, 0.2) is 0 Å². The van der Waals surface area contributed by atoms with Crippen LogP contribution in [0.3, 0.4) is 0 Å². The van der Waals surface area contributed by atoms with Crippen LogP contribution in [0, 0.1) is 5.41 Å². The molecule has 4 amide bonds. The van der Waals surface area contributed by atoms with Crippen LogP contribution in [0.1, 0.15) is 81.9 Å². The molecule has 2 aromatic carbocycles. The first-order chi connectivity index (χ1) is 24.6. The molecule has 2 aliphatic rings. The quantitative estimate of drug-likeness (QED) is 0.195. The van der Waals surface area contributed by atoms with Crippen molar-refractivity contribution in [1.29, 1.82) is 0 Å². The van der Waals surface area contributed by atoms with E-state index in [1.54, 1.807) is 46.5 Å². The van der Waals surface area contributed by atoms with E-state index < -0.39 is 29.6 Å². The summed E-state index contributed by atoms with van der Waals surface area (Å²) in [5.41, 5.74) is 2.56. The first kappa shape index (κ1) is 37.2. The van der Waals surface area contributed by atoms with Gasteiger partial charge in [0.2, 0.25) is 17.7 Å². The number of carboxylic acids is 1. The molecule has 1 aliphatic heterocycles. The van der Waals surface area contributed by atoms with Crippen LogP contribution in [0.4, 0.5) is 5.69 Å². The van der Waals surface area contributed by atoms with Gasteiger partial charge >= 0.3 is 5.97 Å². The van der Waals surface area contributed by atoms with Crippen molar-refractivity contribution in [3.63, 3.8) is 0 Å². The van der Waals surface area contributed by atoms with Gasteiger partial charge in [0.25, 0.3) is 5.91 Å². The lowest BCUT2D eigenvalue weighted by Crippen LogP contribution is -2.49. The van der Waals surface area contributed by atoms with E-state index in [-0.39, 0.29) is 30.0 Å². The number of pyridine rings is 1. The van der Waals surface area contributed by atoms with Crippen molar-refractivity contribution in [2.75, 3.05) is 11.4 Å². The molecule has 5 rings (SSSR count). The molecule has 1 aromatic heterocycles. The highest BCUT2D eigenvalue weighted by molar-refractivity contribution is 6.03. The van der Waals surface area contributed by atoms with Crippen LogP contribution < -0.4 is 15.5 Å². The van der Waals surface area contributed by atoms with E-state index in [9.17, 15) is 29.1 Å². The lowest BCUT2D eigenvalue weighted by atomic mass is 9.81. The van der Waals surface area contributed by atoms with Crippen molar-refractivity contribution in [3.05, 3.63) is 95.8 Å². The Kier molecular flexibility index (Phi) is 12.6. The molecule has 1 aliphatic carbocycles. The van der Waals surface area contributed by atoms with Crippen molar-refractivity contribution >= 4 is 35.3 Å². The SMILES string of the molecule is CCCC(=O)N1C(Cc2cccnc2)C(=O)N(c2ccc(CC(NC(=O)C3(CCNC(C)=O)CCCC3)C(=O)O)cc2)C1CCc1ccccc1. The van der Waals surface area contributed by atoms with Crippen LogP contribution in [0.15, 0.2) is 79.1 Å². The number of aliphatic carboxylic acids is 1. The van der Waals surface area contributed by atoms with Crippen LogP contribution >= 0.6 is 0 Å². The van der Waals surface area contributed by atoms with Crippen molar-refractivity contribution in [1.82, 2.24) is 20.5 Å². The summed E-state index contributed by atoms with van der Waals surface area (Å²) < 4.78 is 0. The molecule has 1 saturated carbocycles. The molecule has 3 atom stereocenters. The Balaban J connectivity index is 1.38. The maximum Gasteiger partial charge on any atom is 0.326 e. The third-order valence-corrected chi connectivity index (χ3v) is 10.2. The fraction of sp³-hybridized carbons (Fsp3) is 0.450. The molecule has 11 heteroatoms. The third kappa shape index (κ3) is 9.19. The second-order valence-corrected chi connectivity index (χ2v) is 13.8. The molecular formula is C40H49N5O6. The maximum atomic E-state index is 14.4. The smallest absolute Gasteiger partial charge is 0.326 e. The monoisotopic (exact) mass is 695 g/mol. The first-order valence-corrected chi connectivity index (χ1v) is 18.1. The molecule has 0 radical (unpaired) electrons. The molecule has 11 nitrogen and oxygen atoms in total. The maximum absolute atomic E-state index is 14.4. The molecule has 1 saturated heterocycles. The van der Waals surface area contributed by atoms with E-state index in [2.05, 4.69) is 15.6 Å². The molecule has 51 heavy (non-hydrogen) atoms. The molecule has 270 valence electrons. The molecular weight excluding hydrogens is 646 g/mol. The van der Waals surface area contributed by atoms with Crippen molar-refractivity contribution in [2.45, 2.75) is 103 Å². The highest BCUT2D eigenvalue weighted by Gasteiger charge is 2.48. The van der Waals surface area contributed by atoms with E-state index in [1.807, 2.05) is 49.4 Å². The van der Waals surface area contributed by atoms with Gasteiger partial charge in [-0.05, 0) is 73.4 Å². The molecule has 2 fully saturated rings. The van der Waals surface area contributed by atoms with E-state index in [1.165, 1.54) is 6.92 Å². The lowest BCUT2D eigenvalue weighted by Gasteiger charge is -2.32. The Morgan fingerprint density at radius 1 is 0.961 bits per heavy atom. The number of hydrogen-bond acceptors (Lipinski definition) is 6. The highest BCUT2D eigenvalue weighted by atomic mass is 16.4. The first-order valence-electron chi connectivity index (χ1n) is 18.1. The summed E-state index contributed by atoms with van der Waals surface area (Å²) in [7, 11) is 0. The summed E-state index contributed by atoms with van der Waals surface area (Å²) in [5, 5.41) is 15.7. The number of carbonyl (C=O) groups excluding carboxylic acids is 4. The van der Waals surface area contributed by atoms with Crippen LogP contribution in [0.5, 0.6) is 0 Å². The van der Waals surface area contributed by atoms with E-state index >= 15 is 0 Å². The summed E-state index contributed by atoms with van der Waals surface area (Å²) in [5.74, 6) is -1.85. The average molecular weight is 696 g/mol. The Morgan fingerprint density at radius 3 is 2.29 bits per heavy atom. The fourth-order valence-corrected chi connectivity index (χ4v) is 7.54. The molecule has 3 N–H and O–H groups in total. The van der Waals surface area contributed by atoms with Crippen molar-refractivity contribution in [3.8, 4) is 0 Å². The van der Waals surface area contributed by atoms with E-state index in [4.69, 9.17) is 0 Å². The van der Waals surface area contributed by atoms with Gasteiger partial charge in [-0.3, -0.25) is 29.1 Å². The van der Waals surface area contributed by atoms with Crippen LogP contribution in [-0.2, 0) is 43.2 Å². The van der Waals surface area contributed by atoms with Crippen LogP contribution in [0.2, 0.25) is 0 Å². The number of carboxylic acid groups (broad SMARTS) is 1. The van der Waals surface area contributed by atoms with Crippen molar-refractivity contribution in [2.24, 2.45) is 5.41 Å². The predicted molar refractivity (Wildman–Crippen MR) is 193 cm³/mol. The number of carbonyl (C=O) groups is 5. The number of anilines is 1. The number of aryl methyl sites for hydroxylation is 1. The predicted octanol–water partition coefficient (Wildman–Crippen LogP) is 4.83. The minimum Gasteiger partial charge on any atom is -0.480 e. The topological polar surface area (TPSA) is 149 Å². The number of amides is 4. The van der Waals surface area contributed by atoms with Gasteiger partial charge in [-0.15, -0.1) is 0 Å². The third-order valence-electron chi connectivity index (χ3n) is 10.2. The van der Waals surface area contributed by atoms with E-state index in [0.29, 0.717) is 69.2 Å². The fourth-order valence-electron chi connectivity index (χ4n) is 7.54. The van der Waals surface area contributed by atoms with E-state index in [0.717, 1.165) is 24.0 Å². The number of nitrogens with one attached hydrogen (secondary N) is 2. The number of benzene rings is 2. The van der Waals surface area contributed by atoms with Gasteiger partial charge in [0, 0.05) is 50.8 Å². The molecule has 3 unspecified atom stereocenters. The number of hydrogen-bond donors (Lipinski definition) is 3. The second-order valence-electron chi connectivity index (χ2n) is 13.8. The minimum absolute atomic E-state index is 0.0548. The van der Waals surface area contributed by atoms with Crippen LogP contribution in [-0.4, -0.2) is 69.4 Å². The zero-order valence-corrected chi connectivity index (χ0v) is 29.6. The Hall–Kier alpha value is -5.06. The van der Waals surface area contributed by atoms with Gasteiger partial charge in [0.05, 0.1) is 5.41 Å². The zero-order valence-electron chi connectivity index (χ0n) is 29.6. The van der Waals surface area contributed by atoms with Gasteiger partial charge in [-0.1, -0.05) is 68.3 Å². The molecule has 3 aromatic rings. The van der Waals surface area contributed by atoms with Gasteiger partial charge in [-0.25, -0.2) is 4.79 Å². The lowest BCUT2D eigenvalue weighted by molar-refractivity contribution is -0.144. The van der Waals surface area contributed by atoms with Crippen LogP contribution in [0.25, 0.3) is 0 Å². The number of nitrogens with zero attached hydrogens (tertiary/aromatic N) is 3. The zero-order chi connectivity index (χ0) is 36.4. The van der Waals surface area contributed by atoms with Crippen molar-refractivity contribution < 1.29 is 29.1 Å². The summed E-state index contributed by atoms with van der Waals surface area (Å²) in [6.45, 7) is 3.74. The largest absolute Gasteiger partial charge is 0.480 e. The Labute approximate surface area is 299 Å². The molecule has 0 bridgehead atoms. The highest BCUT2D eigenvalue weighted by Crippen LogP contribution is 2.41. The summed E-state index contributed by atoms with van der Waals surface area (Å²) in [6.07, 6.45) is 8.94. The summed E-state index contributed by atoms with van der Waals surface area (Å²) >= 11 is 0. The van der Waals surface area contributed by atoms with Gasteiger partial charge in [-0.2, -0.15) is 0 Å². The molecule has 0 spiro atoms. The summed E-state index contributed by atoms with van der Waals surface area (Å²) in [6, 6.07) is 19.0. The number of rotatable bonds is 16. The minimum atomic E-state index is -1.15.